The number of rotatable bonds is 4. The Morgan fingerprint density at radius 1 is 1.17 bits per heavy atom. The molecule has 1 saturated heterocycles. The zero-order valence-electron chi connectivity index (χ0n) is 15.7. The van der Waals surface area contributed by atoms with Crippen LogP contribution < -0.4 is 0 Å². The summed E-state index contributed by atoms with van der Waals surface area (Å²) in [4.78, 5) is 24.5. The summed E-state index contributed by atoms with van der Waals surface area (Å²) >= 11 is 0. The molecule has 9 heteroatoms. The Labute approximate surface area is 168 Å². The molecule has 8 nitrogen and oxygen atoms in total. The number of carbonyl (C=O) groups is 1. The van der Waals surface area contributed by atoms with Gasteiger partial charge in [-0.15, -0.1) is 0 Å². The van der Waals surface area contributed by atoms with Gasteiger partial charge in [0.25, 0.3) is 11.6 Å². The third-order valence-corrected chi connectivity index (χ3v) is 6.24. The minimum absolute atomic E-state index is 0.0981. The highest BCUT2D eigenvalue weighted by Gasteiger charge is 2.28. The van der Waals surface area contributed by atoms with E-state index in [9.17, 15) is 23.3 Å². The van der Waals surface area contributed by atoms with Crippen molar-refractivity contribution in [2.45, 2.75) is 23.7 Å². The van der Waals surface area contributed by atoms with Gasteiger partial charge in [-0.05, 0) is 48.6 Å². The molecule has 0 atom stereocenters. The molecule has 0 bridgehead atoms. The van der Waals surface area contributed by atoms with Gasteiger partial charge in [-0.25, -0.2) is 8.42 Å². The molecule has 1 amide bonds. The second-order valence-electron chi connectivity index (χ2n) is 7.01. The van der Waals surface area contributed by atoms with Gasteiger partial charge >= 0.3 is 0 Å². The van der Waals surface area contributed by atoms with E-state index in [0.29, 0.717) is 18.7 Å². The standard InChI is InChI=1S/C20H19N3O5S/c1-29(27,28)19-7-6-17(12-18(19)23(25)26)20(24)22-10-8-16(9-11-22)15-4-2-14(13-21)3-5-15/h2-7,12,16H,8-11H2,1H3. The molecule has 0 saturated carbocycles. The van der Waals surface area contributed by atoms with Crippen molar-refractivity contribution in [2.75, 3.05) is 19.3 Å². The molecule has 2 aromatic rings. The number of piperidine rings is 1. The molecule has 1 heterocycles. The van der Waals surface area contributed by atoms with Gasteiger partial charge in [-0.2, -0.15) is 5.26 Å². The third-order valence-electron chi connectivity index (χ3n) is 5.10. The van der Waals surface area contributed by atoms with Crippen molar-refractivity contribution in [3.8, 4) is 6.07 Å². The fourth-order valence-electron chi connectivity index (χ4n) is 3.53. The van der Waals surface area contributed by atoms with E-state index in [1.807, 2.05) is 12.1 Å². The van der Waals surface area contributed by atoms with Crippen LogP contribution in [-0.2, 0) is 9.84 Å². The van der Waals surface area contributed by atoms with E-state index in [1.165, 1.54) is 6.07 Å². The van der Waals surface area contributed by atoms with E-state index in [2.05, 4.69) is 6.07 Å². The Balaban J connectivity index is 1.74. The Morgan fingerprint density at radius 3 is 2.31 bits per heavy atom. The summed E-state index contributed by atoms with van der Waals surface area (Å²) in [7, 11) is -3.78. The minimum atomic E-state index is -3.78. The maximum Gasteiger partial charge on any atom is 0.288 e. The highest BCUT2D eigenvalue weighted by Crippen LogP contribution is 2.30. The van der Waals surface area contributed by atoms with E-state index in [0.717, 1.165) is 36.8 Å². The van der Waals surface area contributed by atoms with Crippen molar-refractivity contribution in [1.82, 2.24) is 4.90 Å². The van der Waals surface area contributed by atoms with Gasteiger partial charge in [-0.3, -0.25) is 14.9 Å². The lowest BCUT2D eigenvalue weighted by Gasteiger charge is -2.32. The number of amides is 1. The minimum Gasteiger partial charge on any atom is -0.339 e. The van der Waals surface area contributed by atoms with E-state index >= 15 is 0 Å². The molecule has 2 aromatic carbocycles. The maximum atomic E-state index is 12.8. The predicted molar refractivity (Wildman–Crippen MR) is 105 cm³/mol. The second-order valence-corrected chi connectivity index (χ2v) is 9.00. The summed E-state index contributed by atoms with van der Waals surface area (Å²) in [5.41, 5.74) is 1.22. The first kappa shape index (κ1) is 20.5. The third kappa shape index (κ3) is 4.43. The summed E-state index contributed by atoms with van der Waals surface area (Å²) < 4.78 is 23.5. The van der Waals surface area contributed by atoms with Crippen molar-refractivity contribution in [1.29, 1.82) is 5.26 Å². The Hall–Kier alpha value is -3.25. The number of carbonyl (C=O) groups excluding carboxylic acids is 1. The summed E-state index contributed by atoms with van der Waals surface area (Å²) in [5.74, 6) is -0.0832. The van der Waals surface area contributed by atoms with Crippen LogP contribution in [0.1, 0.15) is 40.2 Å². The Morgan fingerprint density at radius 2 is 1.79 bits per heavy atom. The summed E-state index contributed by atoms with van der Waals surface area (Å²) in [6.07, 6.45) is 2.37. The van der Waals surface area contributed by atoms with Gasteiger partial charge in [-0.1, -0.05) is 12.1 Å². The van der Waals surface area contributed by atoms with Gasteiger partial charge in [0.1, 0.15) is 4.90 Å². The number of sulfone groups is 1. The molecule has 0 aromatic heterocycles. The lowest BCUT2D eigenvalue weighted by atomic mass is 9.89. The molecule has 3 rings (SSSR count). The van der Waals surface area contributed by atoms with Crippen LogP contribution in [0.5, 0.6) is 0 Å². The molecule has 1 aliphatic heterocycles. The average Bonchev–Trinajstić information content (AvgIpc) is 2.72. The quantitative estimate of drug-likeness (QED) is 0.561. The molecule has 29 heavy (non-hydrogen) atoms. The molecule has 0 unspecified atom stereocenters. The van der Waals surface area contributed by atoms with Crippen LogP contribution in [0.15, 0.2) is 47.4 Å². The summed E-state index contributed by atoms with van der Waals surface area (Å²) in [6.45, 7) is 0.982. The van der Waals surface area contributed by atoms with Crippen LogP contribution in [0.25, 0.3) is 0 Å². The average molecular weight is 413 g/mol. The number of nitro groups is 1. The predicted octanol–water partition coefficient (Wildman–Crippen LogP) is 2.89. The molecule has 0 aliphatic carbocycles. The van der Waals surface area contributed by atoms with Crippen LogP contribution in [0.4, 0.5) is 5.69 Å². The van der Waals surface area contributed by atoms with E-state index in [4.69, 9.17) is 5.26 Å². The van der Waals surface area contributed by atoms with Gasteiger partial charge in [0.15, 0.2) is 9.84 Å². The first-order valence-electron chi connectivity index (χ1n) is 8.98. The van der Waals surface area contributed by atoms with E-state index < -0.39 is 25.3 Å². The van der Waals surface area contributed by atoms with Crippen molar-refractivity contribution in [3.63, 3.8) is 0 Å². The maximum absolute atomic E-state index is 12.8. The fourth-order valence-corrected chi connectivity index (χ4v) is 4.36. The number of nitrogens with zero attached hydrogens (tertiary/aromatic N) is 3. The van der Waals surface area contributed by atoms with Crippen LogP contribution in [-0.4, -0.2) is 43.5 Å². The lowest BCUT2D eigenvalue weighted by molar-refractivity contribution is -0.387. The van der Waals surface area contributed by atoms with Crippen molar-refractivity contribution in [2.24, 2.45) is 0 Å². The normalized spacial score (nSPS) is 15.0. The number of nitriles is 1. The first-order chi connectivity index (χ1) is 13.7. The Bertz CT molecular complexity index is 1100. The van der Waals surface area contributed by atoms with Gasteiger partial charge < -0.3 is 4.90 Å². The van der Waals surface area contributed by atoms with Crippen LogP contribution in [0.3, 0.4) is 0 Å². The van der Waals surface area contributed by atoms with E-state index in [-0.39, 0.29) is 17.4 Å². The number of nitro benzene ring substituents is 1. The highest BCUT2D eigenvalue weighted by atomic mass is 32.2. The number of hydrogen-bond acceptors (Lipinski definition) is 6. The second kappa shape index (κ2) is 8.01. The molecule has 0 spiro atoms. The topological polar surface area (TPSA) is 121 Å². The Kier molecular flexibility index (Phi) is 5.66. The van der Waals surface area contributed by atoms with Crippen LogP contribution >= 0.6 is 0 Å². The molecule has 0 N–H and O–H groups in total. The van der Waals surface area contributed by atoms with Gasteiger partial charge in [0.05, 0.1) is 16.6 Å². The monoisotopic (exact) mass is 413 g/mol. The van der Waals surface area contributed by atoms with Crippen molar-refractivity contribution in [3.05, 3.63) is 69.3 Å². The van der Waals surface area contributed by atoms with E-state index in [1.54, 1.807) is 17.0 Å². The summed E-state index contributed by atoms with van der Waals surface area (Å²) in [6, 6.07) is 12.9. The largest absolute Gasteiger partial charge is 0.339 e. The van der Waals surface area contributed by atoms with Gasteiger partial charge in [0, 0.05) is 31.0 Å². The zero-order chi connectivity index (χ0) is 21.2. The van der Waals surface area contributed by atoms with Crippen LogP contribution in [0, 0.1) is 21.4 Å². The molecule has 1 aliphatic rings. The molecule has 1 fully saturated rings. The molecule has 0 radical (unpaired) electrons. The number of benzene rings is 2. The van der Waals surface area contributed by atoms with Crippen molar-refractivity contribution < 1.29 is 18.1 Å². The smallest absolute Gasteiger partial charge is 0.288 e. The van der Waals surface area contributed by atoms with Crippen LogP contribution in [0.2, 0.25) is 0 Å². The first-order valence-corrected chi connectivity index (χ1v) is 10.9. The molecular weight excluding hydrogens is 394 g/mol. The van der Waals surface area contributed by atoms with Crippen molar-refractivity contribution >= 4 is 21.4 Å². The molecule has 150 valence electrons. The van der Waals surface area contributed by atoms with Gasteiger partial charge in [0.2, 0.25) is 0 Å². The number of hydrogen-bond donors (Lipinski definition) is 0. The fraction of sp³-hybridized carbons (Fsp3) is 0.300. The SMILES string of the molecule is CS(=O)(=O)c1ccc(C(=O)N2CCC(c3ccc(C#N)cc3)CC2)cc1[N+](=O)[O-]. The number of likely N-dealkylation sites (tertiary alicyclic amines) is 1. The zero-order valence-corrected chi connectivity index (χ0v) is 16.6. The highest BCUT2D eigenvalue weighted by molar-refractivity contribution is 7.90. The molecular formula is C20H19N3O5S. The lowest BCUT2D eigenvalue weighted by Crippen LogP contribution is -2.38. The summed E-state index contributed by atoms with van der Waals surface area (Å²) in [5, 5.41) is 20.1.